The molecule has 0 aliphatic carbocycles. The number of methoxy groups -OCH3 is 1. The average molecular weight is 531 g/mol. The Hall–Kier alpha value is -3.18. The van der Waals surface area contributed by atoms with Crippen molar-refractivity contribution in [2.75, 3.05) is 13.7 Å². The molecule has 3 rings (SSSR count). The van der Waals surface area contributed by atoms with E-state index in [9.17, 15) is 18.0 Å². The minimum Gasteiger partial charge on any atom is -0.496 e. The number of nitrogens with one attached hydrogen (secondary N) is 1. The molecule has 206 valence electrons. The number of benzene rings is 2. The number of alkyl halides is 3. The highest BCUT2D eigenvalue weighted by Crippen LogP contribution is 2.34. The number of ether oxygens (including phenoxy) is 2. The van der Waals surface area contributed by atoms with Gasteiger partial charge in [0.25, 0.3) is 0 Å². The maximum absolute atomic E-state index is 13.2. The van der Waals surface area contributed by atoms with Gasteiger partial charge in [-0.3, -0.25) is 4.90 Å². The van der Waals surface area contributed by atoms with Crippen LogP contribution in [-0.4, -0.2) is 42.5 Å². The summed E-state index contributed by atoms with van der Waals surface area (Å²) in [5.41, 5.74) is 0.828. The molecule has 0 bridgehead atoms. The van der Waals surface area contributed by atoms with Crippen molar-refractivity contribution in [2.24, 2.45) is 0 Å². The Kier molecular flexibility index (Phi) is 9.04. The molecule has 5 nitrogen and oxygen atoms in total. The number of hydrogen-bond acceptors (Lipinski definition) is 4. The van der Waals surface area contributed by atoms with Crippen LogP contribution in [0.3, 0.4) is 0 Å². The first-order valence-corrected chi connectivity index (χ1v) is 12.8. The van der Waals surface area contributed by atoms with Gasteiger partial charge in [0.1, 0.15) is 11.4 Å². The third-order valence-electron chi connectivity index (χ3n) is 6.47. The van der Waals surface area contributed by atoms with Crippen LogP contribution in [0.4, 0.5) is 18.0 Å². The van der Waals surface area contributed by atoms with Gasteiger partial charge in [-0.2, -0.15) is 13.2 Å². The molecule has 0 saturated carbocycles. The van der Waals surface area contributed by atoms with E-state index in [4.69, 9.17) is 9.47 Å². The Morgan fingerprint density at radius 2 is 1.74 bits per heavy atom. The van der Waals surface area contributed by atoms with Crippen molar-refractivity contribution >= 4 is 6.09 Å². The standard InChI is InChI=1S/C30H37F3N2O3/c1-28(2,3)38-27(36)35-18-10-13-24(26(35)21-11-8-7-9-12-21)34-20-22-19-23(14-15-25(22)37-6)29(4,5)16-17-30(31,32)33/h7-9,11-12,14-15,19,24,26,34H,10,13,18,20H2,1-6H3/t24-,26-/m0/s1. The van der Waals surface area contributed by atoms with Crippen molar-refractivity contribution in [1.82, 2.24) is 10.2 Å². The largest absolute Gasteiger partial charge is 0.496 e. The van der Waals surface area contributed by atoms with E-state index in [1.165, 1.54) is 5.92 Å². The maximum atomic E-state index is 13.2. The maximum Gasteiger partial charge on any atom is 0.457 e. The summed E-state index contributed by atoms with van der Waals surface area (Å²) < 4.78 is 49.5. The first-order chi connectivity index (χ1) is 17.7. The molecule has 2 aromatic rings. The predicted molar refractivity (Wildman–Crippen MR) is 142 cm³/mol. The van der Waals surface area contributed by atoms with Gasteiger partial charge in [0.05, 0.1) is 18.6 Å². The van der Waals surface area contributed by atoms with Crippen LogP contribution in [0.5, 0.6) is 5.75 Å². The van der Waals surface area contributed by atoms with Gasteiger partial charge in [0.15, 0.2) is 0 Å². The highest BCUT2D eigenvalue weighted by atomic mass is 19.4. The summed E-state index contributed by atoms with van der Waals surface area (Å²) in [7, 11) is 1.56. The Balaban J connectivity index is 1.89. The molecule has 0 aromatic heterocycles. The number of rotatable bonds is 6. The van der Waals surface area contributed by atoms with Gasteiger partial charge in [-0.25, -0.2) is 4.79 Å². The lowest BCUT2D eigenvalue weighted by Gasteiger charge is -2.42. The van der Waals surface area contributed by atoms with Crippen LogP contribution in [-0.2, 0) is 16.7 Å². The fourth-order valence-electron chi connectivity index (χ4n) is 4.64. The van der Waals surface area contributed by atoms with Crippen LogP contribution in [0.2, 0.25) is 0 Å². The zero-order valence-corrected chi connectivity index (χ0v) is 22.9. The molecule has 38 heavy (non-hydrogen) atoms. The molecule has 1 heterocycles. The summed E-state index contributed by atoms with van der Waals surface area (Å²) in [6.45, 7) is 9.85. The minimum absolute atomic E-state index is 0.0786. The molecule has 0 unspecified atom stereocenters. The summed E-state index contributed by atoms with van der Waals surface area (Å²) in [4.78, 5) is 15.0. The van der Waals surface area contributed by atoms with Gasteiger partial charge >= 0.3 is 12.3 Å². The molecule has 1 aliphatic rings. The SMILES string of the molecule is COc1ccc(C(C)(C)C#CC(F)(F)F)cc1CN[C@H]1CCCN(C(=O)OC(C)(C)C)[C@H]1c1ccccc1. The Morgan fingerprint density at radius 3 is 2.34 bits per heavy atom. The normalized spacial score (nSPS) is 18.4. The van der Waals surface area contributed by atoms with Gasteiger partial charge in [0.2, 0.25) is 0 Å². The number of carbonyl (C=O) groups is 1. The van der Waals surface area contributed by atoms with E-state index in [1.807, 2.05) is 57.2 Å². The zero-order valence-electron chi connectivity index (χ0n) is 22.9. The average Bonchev–Trinajstić information content (AvgIpc) is 2.85. The van der Waals surface area contributed by atoms with Gasteiger partial charge in [-0.1, -0.05) is 42.3 Å². The van der Waals surface area contributed by atoms with Crippen LogP contribution in [0.1, 0.15) is 70.2 Å². The third kappa shape index (κ3) is 7.91. The van der Waals surface area contributed by atoms with E-state index < -0.39 is 17.2 Å². The first-order valence-electron chi connectivity index (χ1n) is 12.8. The van der Waals surface area contributed by atoms with E-state index in [1.54, 1.807) is 38.0 Å². The highest BCUT2D eigenvalue weighted by Gasteiger charge is 2.37. The highest BCUT2D eigenvalue weighted by molar-refractivity contribution is 5.69. The van der Waals surface area contributed by atoms with Crippen LogP contribution in [0.25, 0.3) is 0 Å². The Labute approximate surface area is 223 Å². The van der Waals surface area contributed by atoms with Crippen molar-refractivity contribution in [2.45, 2.75) is 83.3 Å². The predicted octanol–water partition coefficient (Wildman–Crippen LogP) is 6.77. The topological polar surface area (TPSA) is 50.8 Å². The molecule has 8 heteroatoms. The van der Waals surface area contributed by atoms with Crippen molar-refractivity contribution in [3.63, 3.8) is 0 Å². The lowest BCUT2D eigenvalue weighted by molar-refractivity contribution is -0.0698. The molecule has 2 aromatic carbocycles. The zero-order chi connectivity index (χ0) is 28.1. The van der Waals surface area contributed by atoms with Crippen LogP contribution in [0.15, 0.2) is 48.5 Å². The van der Waals surface area contributed by atoms with Gasteiger partial charge in [0, 0.05) is 30.6 Å². The summed E-state index contributed by atoms with van der Waals surface area (Å²) in [5, 5.41) is 3.60. The number of nitrogens with zero attached hydrogens (tertiary/aromatic N) is 1. The first kappa shape index (κ1) is 29.4. The van der Waals surface area contributed by atoms with Crippen LogP contribution in [0, 0.1) is 11.8 Å². The molecule has 2 atom stereocenters. The molecule has 1 N–H and O–H groups in total. The molecule has 1 saturated heterocycles. The number of likely N-dealkylation sites (tertiary alicyclic amines) is 1. The van der Waals surface area contributed by atoms with Crippen molar-refractivity contribution in [3.8, 4) is 17.6 Å². The number of halogens is 3. The number of hydrogen-bond donors (Lipinski definition) is 1. The number of carbonyl (C=O) groups excluding carboxylic acids is 1. The summed E-state index contributed by atoms with van der Waals surface area (Å²) in [5.74, 6) is 4.38. The number of piperidine rings is 1. The van der Waals surface area contributed by atoms with E-state index in [2.05, 4.69) is 11.2 Å². The minimum atomic E-state index is -4.55. The fraction of sp³-hybridized carbons (Fsp3) is 0.500. The molecular formula is C30H37F3N2O3. The van der Waals surface area contributed by atoms with Gasteiger partial charge in [-0.15, -0.1) is 0 Å². The molecule has 1 aliphatic heterocycles. The summed E-state index contributed by atoms with van der Waals surface area (Å²) in [6.07, 6.45) is -3.27. The van der Waals surface area contributed by atoms with E-state index in [0.717, 1.165) is 24.0 Å². The molecule has 0 radical (unpaired) electrons. The smallest absolute Gasteiger partial charge is 0.457 e. The summed E-state index contributed by atoms with van der Waals surface area (Å²) in [6, 6.07) is 14.9. The second-order valence-corrected chi connectivity index (χ2v) is 11.1. The summed E-state index contributed by atoms with van der Waals surface area (Å²) >= 11 is 0. The van der Waals surface area contributed by atoms with Crippen molar-refractivity contribution < 1.29 is 27.4 Å². The Morgan fingerprint density at radius 1 is 1.05 bits per heavy atom. The second kappa shape index (κ2) is 11.7. The third-order valence-corrected chi connectivity index (χ3v) is 6.47. The molecule has 1 fully saturated rings. The van der Waals surface area contributed by atoms with Gasteiger partial charge < -0.3 is 14.8 Å². The van der Waals surface area contributed by atoms with Crippen molar-refractivity contribution in [1.29, 1.82) is 0 Å². The van der Waals surface area contributed by atoms with Crippen LogP contribution >= 0.6 is 0 Å². The van der Waals surface area contributed by atoms with E-state index >= 15 is 0 Å². The van der Waals surface area contributed by atoms with Crippen LogP contribution < -0.4 is 10.1 Å². The lowest BCUT2D eigenvalue weighted by Crippen LogP contribution is -2.51. The van der Waals surface area contributed by atoms with E-state index in [-0.39, 0.29) is 18.2 Å². The Bertz CT molecular complexity index is 1160. The monoisotopic (exact) mass is 530 g/mol. The molecular weight excluding hydrogens is 493 g/mol. The molecule has 1 amide bonds. The lowest BCUT2D eigenvalue weighted by atomic mass is 9.84. The second-order valence-electron chi connectivity index (χ2n) is 11.1. The quantitative estimate of drug-likeness (QED) is 0.419. The van der Waals surface area contributed by atoms with Crippen molar-refractivity contribution in [3.05, 3.63) is 65.2 Å². The van der Waals surface area contributed by atoms with E-state index in [0.29, 0.717) is 24.4 Å². The molecule has 0 spiro atoms. The number of amides is 1. The fourth-order valence-corrected chi connectivity index (χ4v) is 4.64. The van der Waals surface area contributed by atoms with Gasteiger partial charge in [-0.05, 0) is 70.7 Å².